The summed E-state index contributed by atoms with van der Waals surface area (Å²) < 4.78 is 0. The van der Waals surface area contributed by atoms with E-state index in [9.17, 15) is 0 Å². The van der Waals surface area contributed by atoms with Crippen LogP contribution in [0.4, 0.5) is 5.69 Å². The molecule has 0 radical (unpaired) electrons. The number of anilines is 1. The van der Waals surface area contributed by atoms with Crippen LogP contribution in [0.25, 0.3) is 0 Å². The highest BCUT2D eigenvalue weighted by Crippen LogP contribution is 2.30. The number of hydrogen-bond donors (Lipinski definition) is 1. The second kappa shape index (κ2) is 5.08. The monoisotopic (exact) mass is 273 g/mol. The zero-order valence-corrected chi connectivity index (χ0v) is 10.8. The first-order valence-corrected chi connectivity index (χ1v) is 6.23. The van der Waals surface area contributed by atoms with Crippen molar-refractivity contribution in [2.75, 3.05) is 11.9 Å². The molecule has 0 aromatic carbocycles. The minimum absolute atomic E-state index is 0.488. The van der Waals surface area contributed by atoms with E-state index in [1.54, 1.807) is 12.4 Å². The molecule has 1 N–H and O–H groups in total. The first-order valence-electron chi connectivity index (χ1n) is 4.59. The molecular weight excluding hydrogens is 265 g/mol. The highest BCUT2D eigenvalue weighted by atomic mass is 35.5. The molecular formula is C10H9Cl2N3S. The van der Waals surface area contributed by atoms with Crippen molar-refractivity contribution in [3.63, 3.8) is 0 Å². The maximum Gasteiger partial charge on any atom is 0.165 e. The highest BCUT2D eigenvalue weighted by molar-refractivity contribution is 8.16. The Morgan fingerprint density at radius 2 is 2.00 bits per heavy atom. The number of rotatable bonds is 1. The fourth-order valence-electron chi connectivity index (χ4n) is 1.13. The summed E-state index contributed by atoms with van der Waals surface area (Å²) in [6.45, 7) is 2.75. The normalized spacial score (nSPS) is 15.4. The van der Waals surface area contributed by atoms with E-state index in [0.29, 0.717) is 22.3 Å². The number of amidine groups is 1. The van der Waals surface area contributed by atoms with Crippen LogP contribution in [0.1, 0.15) is 6.92 Å². The van der Waals surface area contributed by atoms with Gasteiger partial charge in [-0.3, -0.25) is 9.98 Å². The van der Waals surface area contributed by atoms with Crippen LogP contribution >= 0.6 is 35.0 Å². The molecule has 2 rings (SSSR count). The first kappa shape index (κ1) is 11.8. The molecule has 0 saturated carbocycles. The number of aliphatic imine (C=N–C) groups is 1. The second-order valence-electron chi connectivity index (χ2n) is 3.31. The van der Waals surface area contributed by atoms with Gasteiger partial charge in [0, 0.05) is 12.4 Å². The lowest BCUT2D eigenvalue weighted by atomic mass is 10.3. The van der Waals surface area contributed by atoms with Gasteiger partial charge in [-0.2, -0.15) is 0 Å². The molecule has 2 heterocycles. The van der Waals surface area contributed by atoms with Gasteiger partial charge in [-0.05, 0) is 17.9 Å². The van der Waals surface area contributed by atoms with Gasteiger partial charge >= 0.3 is 0 Å². The van der Waals surface area contributed by atoms with Gasteiger partial charge in [0.2, 0.25) is 0 Å². The van der Waals surface area contributed by atoms with Crippen molar-refractivity contribution in [1.82, 2.24) is 4.98 Å². The van der Waals surface area contributed by atoms with Crippen LogP contribution < -0.4 is 5.32 Å². The molecule has 0 amide bonds. The Bertz CT molecular complexity index is 451. The average Bonchev–Trinajstić information content (AvgIpc) is 2.26. The summed E-state index contributed by atoms with van der Waals surface area (Å²) in [6.07, 6.45) is 3.09. The molecule has 1 aliphatic heterocycles. The molecule has 0 spiro atoms. The van der Waals surface area contributed by atoms with Gasteiger partial charge in [-0.15, -0.1) is 0 Å². The molecule has 0 saturated heterocycles. The van der Waals surface area contributed by atoms with Crippen molar-refractivity contribution >= 4 is 45.8 Å². The smallest absolute Gasteiger partial charge is 0.165 e. The standard InChI is InChI=1S/C10H9Cl2N3S/c1-6-2-14-10(16-5-6)15-9-7(11)3-13-4-8(9)12/h3-5H,2H2,1H3,(H,13,14,15). The summed E-state index contributed by atoms with van der Waals surface area (Å²) in [5.74, 6) is 0. The number of aromatic nitrogens is 1. The summed E-state index contributed by atoms with van der Waals surface area (Å²) in [6, 6.07) is 0. The van der Waals surface area contributed by atoms with E-state index in [-0.39, 0.29) is 0 Å². The third-order valence-electron chi connectivity index (χ3n) is 1.93. The second-order valence-corrected chi connectivity index (χ2v) is 4.98. The van der Waals surface area contributed by atoms with E-state index in [4.69, 9.17) is 23.2 Å². The Morgan fingerprint density at radius 3 is 2.56 bits per heavy atom. The molecule has 6 heteroatoms. The predicted molar refractivity (Wildman–Crippen MR) is 71.5 cm³/mol. The third-order valence-corrected chi connectivity index (χ3v) is 3.48. The molecule has 0 atom stereocenters. The Balaban J connectivity index is 2.16. The van der Waals surface area contributed by atoms with Gasteiger partial charge in [0.05, 0.1) is 22.3 Å². The van der Waals surface area contributed by atoms with Crippen LogP contribution in [0, 0.1) is 0 Å². The zero-order chi connectivity index (χ0) is 11.5. The number of hydrogen-bond acceptors (Lipinski definition) is 4. The summed E-state index contributed by atoms with van der Waals surface area (Å²) in [5, 5.41) is 6.92. The molecule has 16 heavy (non-hydrogen) atoms. The van der Waals surface area contributed by atoms with E-state index in [1.165, 1.54) is 17.3 Å². The van der Waals surface area contributed by atoms with E-state index >= 15 is 0 Å². The maximum atomic E-state index is 5.99. The lowest BCUT2D eigenvalue weighted by Gasteiger charge is -2.13. The summed E-state index contributed by atoms with van der Waals surface area (Å²) in [7, 11) is 0. The SMILES string of the molecule is CC1=CSC(Nc2c(Cl)cncc2Cl)=NC1. The maximum absolute atomic E-state index is 5.99. The lowest BCUT2D eigenvalue weighted by Crippen LogP contribution is -2.11. The predicted octanol–water partition coefficient (Wildman–Crippen LogP) is 3.81. The Morgan fingerprint density at radius 1 is 1.31 bits per heavy atom. The molecule has 1 aliphatic rings. The van der Waals surface area contributed by atoms with Crippen molar-refractivity contribution in [1.29, 1.82) is 0 Å². The van der Waals surface area contributed by atoms with E-state index in [0.717, 1.165) is 5.17 Å². The van der Waals surface area contributed by atoms with Crippen LogP contribution in [0.2, 0.25) is 10.0 Å². The molecule has 0 aliphatic carbocycles. The number of pyridine rings is 1. The quantitative estimate of drug-likeness (QED) is 0.846. The van der Waals surface area contributed by atoms with Crippen LogP contribution in [-0.2, 0) is 0 Å². The van der Waals surface area contributed by atoms with Crippen molar-refractivity contribution < 1.29 is 0 Å². The van der Waals surface area contributed by atoms with E-state index in [1.807, 2.05) is 6.92 Å². The van der Waals surface area contributed by atoms with Gasteiger partial charge in [-0.1, -0.05) is 35.0 Å². The Hall–Kier alpha value is -0.710. The summed E-state index contributed by atoms with van der Waals surface area (Å²) in [4.78, 5) is 8.24. The number of thioether (sulfide) groups is 1. The molecule has 1 aromatic rings. The number of halogens is 2. The Labute approximate surface area is 108 Å². The number of nitrogens with one attached hydrogen (secondary N) is 1. The van der Waals surface area contributed by atoms with Gasteiger partial charge in [-0.25, -0.2) is 0 Å². The third kappa shape index (κ3) is 2.70. The number of nitrogens with zero attached hydrogens (tertiary/aromatic N) is 2. The molecule has 3 nitrogen and oxygen atoms in total. The average molecular weight is 274 g/mol. The van der Waals surface area contributed by atoms with Crippen molar-refractivity contribution in [2.24, 2.45) is 4.99 Å². The van der Waals surface area contributed by atoms with E-state index < -0.39 is 0 Å². The fraction of sp³-hybridized carbons (Fsp3) is 0.200. The Kier molecular flexibility index (Phi) is 3.74. The topological polar surface area (TPSA) is 37.3 Å². The van der Waals surface area contributed by atoms with Gasteiger partial charge < -0.3 is 5.32 Å². The van der Waals surface area contributed by atoms with Crippen LogP contribution in [0.15, 0.2) is 28.4 Å². The van der Waals surface area contributed by atoms with Crippen molar-refractivity contribution in [3.05, 3.63) is 33.4 Å². The fourth-order valence-corrected chi connectivity index (χ4v) is 2.28. The van der Waals surface area contributed by atoms with Crippen LogP contribution in [0.5, 0.6) is 0 Å². The lowest BCUT2D eigenvalue weighted by molar-refractivity contribution is 1.14. The highest BCUT2D eigenvalue weighted by Gasteiger charge is 2.10. The van der Waals surface area contributed by atoms with Gasteiger partial charge in [0.25, 0.3) is 0 Å². The van der Waals surface area contributed by atoms with Crippen molar-refractivity contribution in [3.8, 4) is 0 Å². The van der Waals surface area contributed by atoms with Crippen LogP contribution in [-0.4, -0.2) is 16.7 Å². The largest absolute Gasteiger partial charge is 0.332 e. The van der Waals surface area contributed by atoms with Crippen molar-refractivity contribution in [2.45, 2.75) is 6.92 Å². The van der Waals surface area contributed by atoms with Gasteiger partial charge in [0.15, 0.2) is 5.17 Å². The minimum Gasteiger partial charge on any atom is -0.332 e. The summed E-state index contributed by atoms with van der Waals surface area (Å²) in [5.41, 5.74) is 1.89. The van der Waals surface area contributed by atoms with E-state index in [2.05, 4.69) is 20.7 Å². The summed E-state index contributed by atoms with van der Waals surface area (Å²) >= 11 is 13.5. The first-order chi connectivity index (χ1) is 7.66. The van der Waals surface area contributed by atoms with Crippen LogP contribution in [0.3, 0.4) is 0 Å². The minimum atomic E-state index is 0.488. The molecule has 0 unspecified atom stereocenters. The zero-order valence-electron chi connectivity index (χ0n) is 8.50. The molecule has 84 valence electrons. The van der Waals surface area contributed by atoms with Gasteiger partial charge in [0.1, 0.15) is 0 Å². The molecule has 0 bridgehead atoms. The molecule has 0 fully saturated rings. The molecule has 1 aromatic heterocycles.